The van der Waals surface area contributed by atoms with Crippen molar-refractivity contribution in [3.05, 3.63) is 0 Å². The highest BCUT2D eigenvalue weighted by molar-refractivity contribution is 5.88. The number of nitrogens with two attached hydrogens (primary N) is 1. The highest BCUT2D eigenvalue weighted by Crippen LogP contribution is 2.27. The van der Waals surface area contributed by atoms with Gasteiger partial charge in [-0.05, 0) is 19.3 Å². The first-order valence-electron chi connectivity index (χ1n) is 6.14. The van der Waals surface area contributed by atoms with Crippen LogP contribution in [-0.4, -0.2) is 42.3 Å². The first kappa shape index (κ1) is 14.9. The second-order valence-corrected chi connectivity index (χ2v) is 5.53. The van der Waals surface area contributed by atoms with Crippen molar-refractivity contribution < 1.29 is 19.4 Å². The number of carboxylic acid groups (broad SMARTS) is 1. The van der Waals surface area contributed by atoms with Crippen LogP contribution < -0.4 is 11.1 Å². The van der Waals surface area contributed by atoms with Crippen LogP contribution in [0.25, 0.3) is 0 Å². The Morgan fingerprint density at radius 2 is 2.17 bits per heavy atom. The maximum atomic E-state index is 12.1. The molecule has 1 rings (SSSR count). The number of hydrogen-bond donors (Lipinski definition) is 3. The molecule has 0 aliphatic carbocycles. The number of ether oxygens (including phenoxy) is 1. The van der Waals surface area contributed by atoms with Gasteiger partial charge >= 0.3 is 5.97 Å². The molecule has 1 heterocycles. The Morgan fingerprint density at radius 3 is 2.56 bits per heavy atom. The van der Waals surface area contributed by atoms with Crippen LogP contribution >= 0.6 is 0 Å². The SMILES string of the molecule is CC(C)C[C@@H](NC(=O)C1(C)COCC1N)C(=O)O. The van der Waals surface area contributed by atoms with Gasteiger partial charge in [0.2, 0.25) is 5.91 Å². The zero-order chi connectivity index (χ0) is 13.9. The molecule has 0 aromatic rings. The Labute approximate surface area is 107 Å². The minimum Gasteiger partial charge on any atom is -0.480 e. The average Bonchev–Trinajstić information content (AvgIpc) is 2.58. The molecule has 0 bridgehead atoms. The van der Waals surface area contributed by atoms with Crippen LogP contribution in [0.3, 0.4) is 0 Å². The third-order valence-electron chi connectivity index (χ3n) is 3.35. The Morgan fingerprint density at radius 1 is 1.56 bits per heavy atom. The number of carbonyl (C=O) groups is 2. The molecule has 4 N–H and O–H groups in total. The van der Waals surface area contributed by atoms with Gasteiger partial charge in [0.05, 0.1) is 18.6 Å². The van der Waals surface area contributed by atoms with Crippen LogP contribution in [0.15, 0.2) is 0 Å². The number of rotatable bonds is 5. The number of carboxylic acids is 1. The molecular formula is C12H22N2O4. The first-order chi connectivity index (χ1) is 8.27. The molecule has 104 valence electrons. The van der Waals surface area contributed by atoms with Gasteiger partial charge in [-0.3, -0.25) is 4.79 Å². The summed E-state index contributed by atoms with van der Waals surface area (Å²) < 4.78 is 5.18. The number of aliphatic carboxylic acids is 1. The van der Waals surface area contributed by atoms with Crippen LogP contribution in [0, 0.1) is 11.3 Å². The summed E-state index contributed by atoms with van der Waals surface area (Å²) in [4.78, 5) is 23.2. The van der Waals surface area contributed by atoms with E-state index >= 15 is 0 Å². The van der Waals surface area contributed by atoms with Crippen molar-refractivity contribution >= 4 is 11.9 Å². The van der Waals surface area contributed by atoms with Crippen molar-refractivity contribution in [3.8, 4) is 0 Å². The highest BCUT2D eigenvalue weighted by Gasteiger charge is 2.45. The zero-order valence-corrected chi connectivity index (χ0v) is 11.1. The van der Waals surface area contributed by atoms with E-state index in [1.54, 1.807) is 6.92 Å². The van der Waals surface area contributed by atoms with E-state index in [0.29, 0.717) is 13.0 Å². The summed E-state index contributed by atoms with van der Waals surface area (Å²) in [7, 11) is 0. The van der Waals surface area contributed by atoms with Gasteiger partial charge in [0.1, 0.15) is 6.04 Å². The average molecular weight is 258 g/mol. The minimum absolute atomic E-state index is 0.188. The largest absolute Gasteiger partial charge is 0.480 e. The summed E-state index contributed by atoms with van der Waals surface area (Å²) in [5.41, 5.74) is 4.99. The van der Waals surface area contributed by atoms with Crippen molar-refractivity contribution in [1.82, 2.24) is 5.32 Å². The molecule has 1 aliphatic heterocycles. The molecule has 0 saturated carbocycles. The molecule has 3 atom stereocenters. The Balaban J connectivity index is 2.69. The van der Waals surface area contributed by atoms with Gasteiger partial charge < -0.3 is 20.9 Å². The zero-order valence-electron chi connectivity index (χ0n) is 11.1. The second-order valence-electron chi connectivity index (χ2n) is 5.53. The van der Waals surface area contributed by atoms with Gasteiger partial charge in [0.25, 0.3) is 0 Å². The third kappa shape index (κ3) is 3.20. The molecule has 18 heavy (non-hydrogen) atoms. The van der Waals surface area contributed by atoms with Gasteiger partial charge in [0.15, 0.2) is 0 Å². The van der Waals surface area contributed by atoms with Gasteiger partial charge in [-0.25, -0.2) is 4.79 Å². The summed E-state index contributed by atoms with van der Waals surface area (Å²) in [5, 5.41) is 11.6. The van der Waals surface area contributed by atoms with Crippen LogP contribution in [0.1, 0.15) is 27.2 Å². The number of nitrogens with one attached hydrogen (secondary N) is 1. The molecular weight excluding hydrogens is 236 g/mol. The molecule has 6 nitrogen and oxygen atoms in total. The fourth-order valence-corrected chi connectivity index (χ4v) is 1.94. The minimum atomic E-state index is -1.02. The Hall–Kier alpha value is -1.14. The van der Waals surface area contributed by atoms with E-state index in [9.17, 15) is 9.59 Å². The van der Waals surface area contributed by atoms with E-state index in [0.717, 1.165) is 0 Å². The van der Waals surface area contributed by atoms with E-state index < -0.39 is 23.5 Å². The molecule has 2 unspecified atom stereocenters. The van der Waals surface area contributed by atoms with E-state index in [2.05, 4.69) is 5.32 Å². The van der Waals surface area contributed by atoms with Crippen molar-refractivity contribution in [2.45, 2.75) is 39.3 Å². The number of carbonyl (C=O) groups excluding carboxylic acids is 1. The second kappa shape index (κ2) is 5.67. The van der Waals surface area contributed by atoms with Crippen LogP contribution in [-0.2, 0) is 14.3 Å². The third-order valence-corrected chi connectivity index (χ3v) is 3.35. The van der Waals surface area contributed by atoms with Crippen LogP contribution in [0.5, 0.6) is 0 Å². The van der Waals surface area contributed by atoms with Crippen molar-refractivity contribution in [1.29, 1.82) is 0 Å². The molecule has 1 amide bonds. The standard InChI is InChI=1S/C12H22N2O4/c1-7(2)4-8(10(15)16)14-11(17)12(3)6-18-5-9(12)13/h7-9H,4-6,13H2,1-3H3,(H,14,17)(H,15,16)/t8-,9?,12?/m1/s1. The predicted octanol–water partition coefficient (Wildman–Crippen LogP) is -0.0343. The van der Waals surface area contributed by atoms with Crippen LogP contribution in [0.4, 0.5) is 0 Å². The summed E-state index contributed by atoms with van der Waals surface area (Å²) >= 11 is 0. The lowest BCUT2D eigenvalue weighted by Crippen LogP contribution is -2.54. The van der Waals surface area contributed by atoms with Crippen molar-refractivity contribution in [2.24, 2.45) is 17.1 Å². The van der Waals surface area contributed by atoms with Gasteiger partial charge in [-0.2, -0.15) is 0 Å². The maximum absolute atomic E-state index is 12.1. The lowest BCUT2D eigenvalue weighted by molar-refractivity contribution is -0.144. The van der Waals surface area contributed by atoms with E-state index in [1.807, 2.05) is 13.8 Å². The number of amides is 1. The molecule has 1 fully saturated rings. The monoisotopic (exact) mass is 258 g/mol. The first-order valence-corrected chi connectivity index (χ1v) is 6.14. The van der Waals surface area contributed by atoms with E-state index in [4.69, 9.17) is 15.6 Å². The fourth-order valence-electron chi connectivity index (χ4n) is 1.94. The number of hydrogen-bond acceptors (Lipinski definition) is 4. The predicted molar refractivity (Wildman–Crippen MR) is 65.9 cm³/mol. The van der Waals surface area contributed by atoms with Crippen molar-refractivity contribution in [3.63, 3.8) is 0 Å². The highest BCUT2D eigenvalue weighted by atomic mass is 16.5. The molecule has 0 radical (unpaired) electrons. The molecule has 0 spiro atoms. The van der Waals surface area contributed by atoms with Crippen molar-refractivity contribution in [2.75, 3.05) is 13.2 Å². The maximum Gasteiger partial charge on any atom is 0.326 e. The fraction of sp³-hybridized carbons (Fsp3) is 0.833. The smallest absolute Gasteiger partial charge is 0.326 e. The lowest BCUT2D eigenvalue weighted by Gasteiger charge is -2.27. The summed E-state index contributed by atoms with van der Waals surface area (Å²) in [6.07, 6.45) is 0.396. The van der Waals surface area contributed by atoms with Gasteiger partial charge in [-0.1, -0.05) is 13.8 Å². The summed E-state index contributed by atoms with van der Waals surface area (Å²) in [5.74, 6) is -1.18. The summed E-state index contributed by atoms with van der Waals surface area (Å²) in [6, 6.07) is -1.27. The Bertz CT molecular complexity index is 332. The van der Waals surface area contributed by atoms with E-state index in [1.165, 1.54) is 0 Å². The molecule has 0 aromatic heterocycles. The molecule has 1 aliphatic rings. The Kier molecular flexibility index (Phi) is 4.70. The quantitative estimate of drug-likeness (QED) is 0.642. The normalized spacial score (nSPS) is 29.3. The van der Waals surface area contributed by atoms with E-state index in [-0.39, 0.29) is 18.4 Å². The topological polar surface area (TPSA) is 102 Å². The molecule has 0 aromatic carbocycles. The van der Waals surface area contributed by atoms with Crippen LogP contribution in [0.2, 0.25) is 0 Å². The van der Waals surface area contributed by atoms with Gasteiger partial charge in [0, 0.05) is 6.04 Å². The summed E-state index contributed by atoms with van der Waals surface area (Å²) in [6.45, 7) is 6.08. The molecule has 1 saturated heterocycles. The van der Waals surface area contributed by atoms with Gasteiger partial charge in [-0.15, -0.1) is 0 Å². The molecule has 6 heteroatoms. The lowest BCUT2D eigenvalue weighted by atomic mass is 9.84.